The Balaban J connectivity index is 4.46. The zero-order chi connectivity index (χ0) is 12.1. The Bertz CT molecular complexity index is 210. The molecule has 0 fully saturated rings. The standard InChI is InChI=1S/C11H23NO3/c1-5-6-7-11(15,8-10(13)14)9-12(2,3)4/h15H,5-9H2,1-4H3/t11-/m0/s1. The van der Waals surface area contributed by atoms with Gasteiger partial charge in [-0.1, -0.05) is 19.8 Å². The predicted octanol–water partition coefficient (Wildman–Crippen LogP) is -0.246. The van der Waals surface area contributed by atoms with Gasteiger partial charge in [-0.15, -0.1) is 0 Å². The molecule has 0 saturated carbocycles. The Morgan fingerprint density at radius 3 is 2.27 bits per heavy atom. The first kappa shape index (κ1) is 14.4. The number of likely N-dealkylation sites (N-methyl/N-ethyl adjacent to an activating group) is 1. The lowest BCUT2D eigenvalue weighted by atomic mass is 9.92. The van der Waals surface area contributed by atoms with E-state index in [0.29, 0.717) is 17.4 Å². The first-order valence-electron chi connectivity index (χ1n) is 5.41. The summed E-state index contributed by atoms with van der Waals surface area (Å²) in [7, 11) is 5.81. The number of aliphatic carboxylic acids is 1. The number of hydrogen-bond acceptors (Lipinski definition) is 3. The fraction of sp³-hybridized carbons (Fsp3) is 0.909. The fourth-order valence-electron chi connectivity index (χ4n) is 1.88. The van der Waals surface area contributed by atoms with Gasteiger partial charge >= 0.3 is 0 Å². The van der Waals surface area contributed by atoms with E-state index >= 15 is 0 Å². The molecule has 4 heteroatoms. The van der Waals surface area contributed by atoms with Crippen LogP contribution in [-0.4, -0.2) is 48.8 Å². The first-order valence-corrected chi connectivity index (χ1v) is 5.41. The summed E-state index contributed by atoms with van der Waals surface area (Å²) >= 11 is 0. The van der Waals surface area contributed by atoms with Crippen molar-refractivity contribution in [1.29, 1.82) is 0 Å². The van der Waals surface area contributed by atoms with Crippen LogP contribution in [0, 0.1) is 0 Å². The van der Waals surface area contributed by atoms with Crippen LogP contribution in [0.4, 0.5) is 0 Å². The maximum Gasteiger partial charge on any atom is 0.119 e. The van der Waals surface area contributed by atoms with Crippen LogP contribution >= 0.6 is 0 Å². The van der Waals surface area contributed by atoms with Crippen molar-refractivity contribution in [3.63, 3.8) is 0 Å². The Morgan fingerprint density at radius 2 is 1.93 bits per heavy atom. The molecule has 0 heterocycles. The van der Waals surface area contributed by atoms with E-state index < -0.39 is 11.6 Å². The minimum atomic E-state index is -1.18. The van der Waals surface area contributed by atoms with Crippen LogP contribution in [-0.2, 0) is 4.79 Å². The number of rotatable bonds is 7. The highest BCUT2D eigenvalue weighted by molar-refractivity contribution is 5.65. The Hall–Kier alpha value is -0.610. The summed E-state index contributed by atoms with van der Waals surface area (Å²) in [5.41, 5.74) is -1.13. The molecule has 0 aliphatic heterocycles. The lowest BCUT2D eigenvalue weighted by Gasteiger charge is -2.36. The minimum Gasteiger partial charge on any atom is -0.550 e. The molecule has 0 rings (SSSR count). The second-order valence-electron chi connectivity index (χ2n) is 5.33. The SMILES string of the molecule is CCCC[C@](O)(CC(=O)[O-])C[N+](C)(C)C. The van der Waals surface area contributed by atoms with Gasteiger partial charge < -0.3 is 19.5 Å². The third kappa shape index (κ3) is 7.33. The highest BCUT2D eigenvalue weighted by atomic mass is 16.4. The smallest absolute Gasteiger partial charge is 0.119 e. The van der Waals surface area contributed by atoms with E-state index in [1.807, 2.05) is 28.1 Å². The van der Waals surface area contributed by atoms with Crippen molar-refractivity contribution in [2.24, 2.45) is 0 Å². The molecule has 0 amide bonds. The van der Waals surface area contributed by atoms with Gasteiger partial charge in [-0.2, -0.15) is 0 Å². The molecule has 1 atom stereocenters. The van der Waals surface area contributed by atoms with Gasteiger partial charge in [0.25, 0.3) is 0 Å². The first-order chi connectivity index (χ1) is 6.68. The number of unbranched alkanes of at least 4 members (excludes halogenated alkanes) is 1. The summed E-state index contributed by atoms with van der Waals surface area (Å²) in [6, 6.07) is 0. The number of quaternary nitrogens is 1. The van der Waals surface area contributed by atoms with Gasteiger partial charge in [0.1, 0.15) is 12.1 Å². The fourth-order valence-corrected chi connectivity index (χ4v) is 1.88. The van der Waals surface area contributed by atoms with Gasteiger partial charge in [0.2, 0.25) is 0 Å². The molecule has 0 aliphatic rings. The molecular formula is C11H23NO3. The Labute approximate surface area is 92.1 Å². The second kappa shape index (κ2) is 5.47. The molecule has 0 saturated heterocycles. The van der Waals surface area contributed by atoms with Gasteiger partial charge in [-0.3, -0.25) is 0 Å². The lowest BCUT2D eigenvalue weighted by molar-refractivity contribution is -0.877. The summed E-state index contributed by atoms with van der Waals surface area (Å²) in [6.45, 7) is 2.45. The van der Waals surface area contributed by atoms with Crippen LogP contribution in [0.1, 0.15) is 32.6 Å². The average Bonchev–Trinajstić information content (AvgIpc) is 1.95. The summed E-state index contributed by atoms with van der Waals surface area (Å²) in [6.07, 6.45) is 2.03. The topological polar surface area (TPSA) is 60.4 Å². The van der Waals surface area contributed by atoms with E-state index in [4.69, 9.17) is 0 Å². The Morgan fingerprint density at radius 1 is 1.40 bits per heavy atom. The molecule has 0 aliphatic carbocycles. The van der Waals surface area contributed by atoms with Crippen LogP contribution in [0.3, 0.4) is 0 Å². The number of carbonyl (C=O) groups excluding carboxylic acids is 1. The second-order valence-corrected chi connectivity index (χ2v) is 5.33. The van der Waals surface area contributed by atoms with E-state index in [1.165, 1.54) is 0 Å². The number of aliphatic hydroxyl groups is 1. The number of carbonyl (C=O) groups is 1. The quantitative estimate of drug-likeness (QED) is 0.598. The van der Waals surface area contributed by atoms with Gasteiger partial charge in [0.15, 0.2) is 0 Å². The number of carboxylic acid groups (broad SMARTS) is 1. The molecule has 0 radical (unpaired) electrons. The van der Waals surface area contributed by atoms with Gasteiger partial charge in [-0.05, 0) is 6.42 Å². The van der Waals surface area contributed by atoms with Crippen LogP contribution in [0.25, 0.3) is 0 Å². The summed E-state index contributed by atoms with van der Waals surface area (Å²) in [5, 5.41) is 20.8. The highest BCUT2D eigenvalue weighted by Crippen LogP contribution is 2.21. The maximum atomic E-state index is 10.6. The van der Waals surface area contributed by atoms with Crippen LogP contribution in [0.5, 0.6) is 0 Å². The van der Waals surface area contributed by atoms with Crippen LogP contribution < -0.4 is 5.11 Å². The predicted molar refractivity (Wildman–Crippen MR) is 57.0 cm³/mol. The van der Waals surface area contributed by atoms with Crippen molar-refractivity contribution in [3.05, 3.63) is 0 Å². The third-order valence-electron chi connectivity index (χ3n) is 2.24. The van der Waals surface area contributed by atoms with Crippen molar-refractivity contribution in [2.45, 2.75) is 38.2 Å². The highest BCUT2D eigenvalue weighted by Gasteiger charge is 2.32. The molecule has 90 valence electrons. The maximum absolute atomic E-state index is 10.6. The normalized spacial score (nSPS) is 16.1. The minimum absolute atomic E-state index is 0.275. The largest absolute Gasteiger partial charge is 0.550 e. The van der Waals surface area contributed by atoms with Gasteiger partial charge in [0, 0.05) is 12.4 Å². The lowest BCUT2D eigenvalue weighted by Crippen LogP contribution is -2.51. The van der Waals surface area contributed by atoms with Crippen molar-refractivity contribution < 1.29 is 19.5 Å². The molecular weight excluding hydrogens is 194 g/mol. The third-order valence-corrected chi connectivity index (χ3v) is 2.24. The number of carboxylic acids is 1. The number of hydrogen-bond donors (Lipinski definition) is 1. The molecule has 0 bridgehead atoms. The molecule has 1 N–H and O–H groups in total. The van der Waals surface area contributed by atoms with Crippen LogP contribution in [0.2, 0.25) is 0 Å². The van der Waals surface area contributed by atoms with E-state index in [0.717, 1.165) is 12.8 Å². The summed E-state index contributed by atoms with van der Waals surface area (Å²) in [4.78, 5) is 10.6. The van der Waals surface area contributed by atoms with E-state index in [1.54, 1.807) is 0 Å². The average molecular weight is 217 g/mol. The van der Waals surface area contributed by atoms with E-state index in [-0.39, 0.29) is 6.42 Å². The molecule has 15 heavy (non-hydrogen) atoms. The molecule has 0 aromatic rings. The molecule has 4 nitrogen and oxygen atoms in total. The summed E-state index contributed by atoms with van der Waals surface area (Å²) < 4.78 is 0.549. The molecule has 0 spiro atoms. The van der Waals surface area contributed by atoms with Crippen molar-refractivity contribution >= 4 is 5.97 Å². The van der Waals surface area contributed by atoms with Crippen molar-refractivity contribution in [2.75, 3.05) is 27.7 Å². The van der Waals surface area contributed by atoms with E-state index in [9.17, 15) is 15.0 Å². The molecule has 0 aromatic carbocycles. The zero-order valence-corrected chi connectivity index (χ0v) is 10.2. The van der Waals surface area contributed by atoms with Crippen molar-refractivity contribution in [3.8, 4) is 0 Å². The van der Waals surface area contributed by atoms with Crippen LogP contribution in [0.15, 0.2) is 0 Å². The molecule has 0 unspecified atom stereocenters. The van der Waals surface area contributed by atoms with Crippen molar-refractivity contribution in [1.82, 2.24) is 0 Å². The van der Waals surface area contributed by atoms with Gasteiger partial charge in [0.05, 0.1) is 21.1 Å². The summed E-state index contributed by atoms with van der Waals surface area (Å²) in [5.74, 6) is -1.18. The number of nitrogens with zero attached hydrogens (tertiary/aromatic N) is 1. The van der Waals surface area contributed by atoms with E-state index in [2.05, 4.69) is 0 Å². The monoisotopic (exact) mass is 217 g/mol. The zero-order valence-electron chi connectivity index (χ0n) is 10.2. The Kier molecular flexibility index (Phi) is 5.24. The molecule has 0 aromatic heterocycles. The van der Waals surface area contributed by atoms with Gasteiger partial charge in [-0.25, -0.2) is 0 Å².